The predicted octanol–water partition coefficient (Wildman–Crippen LogP) is 2.66. The van der Waals surface area contributed by atoms with Gasteiger partial charge in [0, 0.05) is 11.8 Å². The number of hydrogen-bond acceptors (Lipinski definition) is 4. The maximum Gasteiger partial charge on any atom is 0.434 e. The summed E-state index contributed by atoms with van der Waals surface area (Å²) in [5, 5.41) is 1.24. The molecule has 7 heteroatoms. The second kappa shape index (κ2) is 5.29. The molecular weight excluding hydrogens is 243 g/mol. The Morgan fingerprint density at radius 2 is 2.25 bits per heavy atom. The molecule has 1 aromatic rings. The van der Waals surface area contributed by atoms with Gasteiger partial charge in [-0.3, -0.25) is 4.79 Å². The summed E-state index contributed by atoms with van der Waals surface area (Å²) in [5.74, 6) is -0.425. The average Bonchev–Trinajstić information content (AvgIpc) is 2.63. The Hall–Kier alpha value is -1.11. The molecule has 0 N–H and O–H groups in total. The van der Waals surface area contributed by atoms with Crippen LogP contribution >= 0.6 is 11.3 Å². The highest BCUT2D eigenvalue weighted by Gasteiger charge is 2.33. The number of esters is 1. The Bertz CT molecular complexity index is 362. The highest BCUT2D eigenvalue weighted by Crippen LogP contribution is 2.30. The fraction of sp³-hybridized carbons (Fsp3) is 0.556. The van der Waals surface area contributed by atoms with Gasteiger partial charge in [0.25, 0.3) is 0 Å². The summed E-state index contributed by atoms with van der Waals surface area (Å²) in [6, 6.07) is 0. The van der Waals surface area contributed by atoms with E-state index in [0.717, 1.165) is 16.7 Å². The monoisotopic (exact) mass is 253 g/mol. The number of halogens is 3. The number of aryl methyl sites for hydroxylation is 1. The lowest BCUT2D eigenvalue weighted by Crippen LogP contribution is -2.07. The van der Waals surface area contributed by atoms with Crippen molar-refractivity contribution in [1.29, 1.82) is 0 Å². The molecule has 0 atom stereocenters. The molecule has 0 spiro atoms. The largest absolute Gasteiger partial charge is 0.466 e. The van der Waals surface area contributed by atoms with Crippen LogP contribution in [0.25, 0.3) is 0 Å². The number of thiazole rings is 1. The molecule has 90 valence electrons. The summed E-state index contributed by atoms with van der Waals surface area (Å²) in [7, 11) is 0. The molecule has 0 unspecified atom stereocenters. The first-order valence-corrected chi connectivity index (χ1v) is 5.48. The zero-order valence-electron chi connectivity index (χ0n) is 8.50. The van der Waals surface area contributed by atoms with Gasteiger partial charge in [0.15, 0.2) is 5.69 Å². The molecule has 0 aromatic carbocycles. The fourth-order valence-electron chi connectivity index (χ4n) is 0.998. The molecule has 0 amide bonds. The van der Waals surface area contributed by atoms with Gasteiger partial charge < -0.3 is 4.74 Å². The summed E-state index contributed by atoms with van der Waals surface area (Å²) >= 11 is 0.898. The number of rotatable bonds is 4. The number of ether oxygens (including phenoxy) is 1. The van der Waals surface area contributed by atoms with E-state index in [-0.39, 0.29) is 19.4 Å². The second-order valence-corrected chi connectivity index (χ2v) is 3.87. The molecule has 0 aliphatic rings. The van der Waals surface area contributed by atoms with E-state index in [1.807, 2.05) is 0 Å². The smallest absolute Gasteiger partial charge is 0.434 e. The van der Waals surface area contributed by atoms with E-state index in [0.29, 0.717) is 5.01 Å². The van der Waals surface area contributed by atoms with E-state index in [2.05, 4.69) is 9.72 Å². The van der Waals surface area contributed by atoms with E-state index >= 15 is 0 Å². The molecule has 0 saturated carbocycles. The van der Waals surface area contributed by atoms with Crippen molar-refractivity contribution in [3.05, 3.63) is 16.1 Å². The number of hydrogen-bond donors (Lipinski definition) is 0. The summed E-state index contributed by atoms with van der Waals surface area (Å²) in [6.45, 7) is 1.94. The standard InChI is InChI=1S/C9H10F3NO2S/c1-2-15-8(14)4-3-7-13-6(5-16-7)9(10,11)12/h5H,2-4H2,1H3. The minimum Gasteiger partial charge on any atom is -0.466 e. The normalized spacial score (nSPS) is 11.5. The van der Waals surface area contributed by atoms with Crippen molar-refractivity contribution in [2.24, 2.45) is 0 Å². The van der Waals surface area contributed by atoms with Gasteiger partial charge >= 0.3 is 12.1 Å². The van der Waals surface area contributed by atoms with Gasteiger partial charge in [-0.25, -0.2) is 4.98 Å². The van der Waals surface area contributed by atoms with E-state index in [1.54, 1.807) is 6.92 Å². The van der Waals surface area contributed by atoms with Crippen molar-refractivity contribution < 1.29 is 22.7 Å². The van der Waals surface area contributed by atoms with E-state index in [4.69, 9.17) is 0 Å². The summed E-state index contributed by atoms with van der Waals surface area (Å²) < 4.78 is 41.2. The van der Waals surface area contributed by atoms with Gasteiger partial charge in [0.05, 0.1) is 18.0 Å². The highest BCUT2D eigenvalue weighted by molar-refractivity contribution is 7.09. The van der Waals surface area contributed by atoms with Gasteiger partial charge in [0.2, 0.25) is 0 Å². The SMILES string of the molecule is CCOC(=O)CCc1nc(C(F)(F)F)cs1. The molecule has 0 radical (unpaired) electrons. The second-order valence-electron chi connectivity index (χ2n) is 2.93. The molecule has 1 rings (SSSR count). The predicted molar refractivity (Wildman–Crippen MR) is 52.1 cm³/mol. The molecule has 0 aliphatic heterocycles. The van der Waals surface area contributed by atoms with E-state index in [1.165, 1.54) is 0 Å². The van der Waals surface area contributed by atoms with E-state index < -0.39 is 17.8 Å². The highest BCUT2D eigenvalue weighted by atomic mass is 32.1. The Kier molecular flexibility index (Phi) is 4.28. The number of carbonyl (C=O) groups excluding carboxylic acids is 1. The van der Waals surface area contributed by atoms with Crippen LogP contribution in [0.4, 0.5) is 13.2 Å². The molecule has 1 heterocycles. The summed E-state index contributed by atoms with van der Waals surface area (Å²) in [5.41, 5.74) is -0.906. The minimum absolute atomic E-state index is 0.0542. The molecular formula is C9H10F3NO2S. The van der Waals surface area contributed by atoms with E-state index in [9.17, 15) is 18.0 Å². The van der Waals surface area contributed by atoms with Crippen LogP contribution in [0.2, 0.25) is 0 Å². The Balaban J connectivity index is 2.50. The van der Waals surface area contributed by atoms with Crippen molar-refractivity contribution in [2.45, 2.75) is 25.9 Å². The molecule has 0 saturated heterocycles. The Morgan fingerprint density at radius 3 is 2.75 bits per heavy atom. The van der Waals surface area contributed by atoms with Crippen molar-refractivity contribution in [3.8, 4) is 0 Å². The van der Waals surface area contributed by atoms with Crippen molar-refractivity contribution in [2.75, 3.05) is 6.61 Å². The first-order valence-electron chi connectivity index (χ1n) is 4.60. The third kappa shape index (κ3) is 3.80. The van der Waals surface area contributed by atoms with Crippen LogP contribution in [0.5, 0.6) is 0 Å². The fourth-order valence-corrected chi connectivity index (χ4v) is 1.80. The third-order valence-corrected chi connectivity index (χ3v) is 2.60. The summed E-state index contributed by atoms with van der Waals surface area (Å²) in [6.07, 6.45) is -4.18. The Labute approximate surface area is 94.3 Å². The van der Waals surface area contributed by atoms with Gasteiger partial charge in [-0.05, 0) is 6.92 Å². The number of carbonyl (C=O) groups is 1. The zero-order chi connectivity index (χ0) is 12.2. The number of alkyl halides is 3. The van der Waals surface area contributed by atoms with Gasteiger partial charge in [-0.2, -0.15) is 13.2 Å². The van der Waals surface area contributed by atoms with Crippen molar-refractivity contribution >= 4 is 17.3 Å². The molecule has 0 aliphatic carbocycles. The van der Waals surface area contributed by atoms with Crippen molar-refractivity contribution in [1.82, 2.24) is 4.98 Å². The Morgan fingerprint density at radius 1 is 1.56 bits per heavy atom. The molecule has 0 fully saturated rings. The third-order valence-electron chi connectivity index (χ3n) is 1.69. The number of aromatic nitrogens is 1. The quantitative estimate of drug-likeness (QED) is 0.774. The van der Waals surface area contributed by atoms with Gasteiger partial charge in [-0.15, -0.1) is 11.3 Å². The molecule has 1 aromatic heterocycles. The van der Waals surface area contributed by atoms with Crippen LogP contribution in [0, 0.1) is 0 Å². The first-order chi connectivity index (χ1) is 7.43. The molecule has 0 bridgehead atoms. The molecule has 16 heavy (non-hydrogen) atoms. The summed E-state index contributed by atoms with van der Waals surface area (Å²) in [4.78, 5) is 14.4. The lowest BCUT2D eigenvalue weighted by atomic mass is 10.3. The lowest BCUT2D eigenvalue weighted by Gasteiger charge is -2.00. The van der Waals surface area contributed by atoms with Crippen LogP contribution in [0.1, 0.15) is 24.0 Å². The van der Waals surface area contributed by atoms with Gasteiger partial charge in [0.1, 0.15) is 0 Å². The maximum atomic E-state index is 12.2. The topological polar surface area (TPSA) is 39.2 Å². The van der Waals surface area contributed by atoms with Crippen LogP contribution in [0.3, 0.4) is 0 Å². The maximum absolute atomic E-state index is 12.2. The zero-order valence-corrected chi connectivity index (χ0v) is 9.32. The minimum atomic E-state index is -4.42. The van der Waals surface area contributed by atoms with Crippen LogP contribution in [0.15, 0.2) is 5.38 Å². The van der Waals surface area contributed by atoms with Gasteiger partial charge in [-0.1, -0.05) is 0 Å². The van der Waals surface area contributed by atoms with Crippen molar-refractivity contribution in [3.63, 3.8) is 0 Å². The first kappa shape index (κ1) is 13.0. The van der Waals surface area contributed by atoms with Crippen LogP contribution < -0.4 is 0 Å². The molecule has 3 nitrogen and oxygen atoms in total. The lowest BCUT2D eigenvalue weighted by molar-refractivity contribution is -0.143. The average molecular weight is 253 g/mol. The van der Waals surface area contributed by atoms with Crippen LogP contribution in [-0.4, -0.2) is 17.6 Å². The van der Waals surface area contributed by atoms with Crippen LogP contribution in [-0.2, 0) is 22.1 Å². The number of nitrogens with zero attached hydrogens (tertiary/aromatic N) is 1.